The van der Waals surface area contributed by atoms with E-state index in [1.807, 2.05) is 0 Å². The van der Waals surface area contributed by atoms with Gasteiger partial charge in [-0.25, -0.2) is 17.5 Å². The van der Waals surface area contributed by atoms with Gasteiger partial charge in [-0.3, -0.25) is 0 Å². The van der Waals surface area contributed by atoms with Gasteiger partial charge in [-0.1, -0.05) is 13.3 Å². The Balaban J connectivity index is 1.99. The van der Waals surface area contributed by atoms with Crippen molar-refractivity contribution in [2.24, 2.45) is 5.92 Å². The highest BCUT2D eigenvalue weighted by molar-refractivity contribution is 7.89. The van der Waals surface area contributed by atoms with E-state index in [2.05, 4.69) is 17.0 Å². The van der Waals surface area contributed by atoms with E-state index in [0.29, 0.717) is 12.5 Å². The molecule has 2 N–H and O–H groups in total. The first-order valence-corrected chi connectivity index (χ1v) is 8.50. The Morgan fingerprint density at radius 1 is 1.35 bits per heavy atom. The zero-order valence-electron chi connectivity index (χ0n) is 11.6. The van der Waals surface area contributed by atoms with Gasteiger partial charge in [0.15, 0.2) is 0 Å². The van der Waals surface area contributed by atoms with Crippen LogP contribution in [0.1, 0.15) is 26.2 Å². The van der Waals surface area contributed by atoms with E-state index in [1.165, 1.54) is 12.1 Å². The highest BCUT2D eigenvalue weighted by atomic mass is 32.2. The number of hydrogen-bond donors (Lipinski definition) is 2. The lowest BCUT2D eigenvalue weighted by atomic mass is 9.89. The minimum absolute atomic E-state index is 0.0998. The van der Waals surface area contributed by atoms with E-state index in [0.717, 1.165) is 37.9 Å². The zero-order valence-corrected chi connectivity index (χ0v) is 12.4. The number of sulfonamides is 1. The summed E-state index contributed by atoms with van der Waals surface area (Å²) in [5.41, 5.74) is 0. The summed E-state index contributed by atoms with van der Waals surface area (Å²) in [7, 11) is -3.56. The molecule has 2 atom stereocenters. The second-order valence-corrected chi connectivity index (χ2v) is 6.94. The molecule has 1 saturated heterocycles. The smallest absolute Gasteiger partial charge is 0.240 e. The Hall–Kier alpha value is -0.980. The third-order valence-electron chi connectivity index (χ3n) is 3.87. The average molecular weight is 300 g/mol. The quantitative estimate of drug-likeness (QED) is 0.873. The topological polar surface area (TPSA) is 58.2 Å². The minimum Gasteiger partial charge on any atom is -0.312 e. The number of hydrogen-bond acceptors (Lipinski definition) is 3. The van der Waals surface area contributed by atoms with Crippen LogP contribution in [0.25, 0.3) is 0 Å². The molecule has 2 rings (SSSR count). The van der Waals surface area contributed by atoms with Gasteiger partial charge in [0.1, 0.15) is 5.82 Å². The van der Waals surface area contributed by atoms with E-state index >= 15 is 0 Å². The molecular formula is C14H21FN2O2S. The zero-order chi connectivity index (χ0) is 14.6. The van der Waals surface area contributed by atoms with Gasteiger partial charge in [0.05, 0.1) is 4.90 Å². The summed E-state index contributed by atoms with van der Waals surface area (Å²) in [6.07, 6.45) is 3.31. The fourth-order valence-electron chi connectivity index (χ4n) is 2.64. The van der Waals surface area contributed by atoms with Crippen LogP contribution in [0, 0.1) is 11.7 Å². The number of nitrogens with one attached hydrogen (secondary N) is 2. The van der Waals surface area contributed by atoms with Crippen LogP contribution in [0.2, 0.25) is 0 Å². The van der Waals surface area contributed by atoms with Gasteiger partial charge in [0.25, 0.3) is 0 Å². The summed E-state index contributed by atoms with van der Waals surface area (Å²) in [5, 5.41) is 3.37. The summed E-state index contributed by atoms with van der Waals surface area (Å²) in [6.45, 7) is 3.43. The maximum Gasteiger partial charge on any atom is 0.240 e. The molecule has 1 aromatic rings. The summed E-state index contributed by atoms with van der Waals surface area (Å²) in [5.74, 6) is 0.0589. The summed E-state index contributed by atoms with van der Waals surface area (Å²) in [4.78, 5) is 0.0998. The van der Waals surface area contributed by atoms with Crippen molar-refractivity contribution in [2.75, 3.05) is 13.1 Å². The Morgan fingerprint density at radius 3 is 2.70 bits per heavy atom. The van der Waals surface area contributed by atoms with Crippen LogP contribution >= 0.6 is 0 Å². The number of halogens is 1. The molecule has 6 heteroatoms. The molecule has 1 fully saturated rings. The number of benzene rings is 1. The van der Waals surface area contributed by atoms with Crippen LogP contribution < -0.4 is 10.0 Å². The van der Waals surface area contributed by atoms with Crippen LogP contribution in [0.4, 0.5) is 4.39 Å². The highest BCUT2D eigenvalue weighted by Gasteiger charge is 2.25. The number of rotatable bonds is 5. The second kappa shape index (κ2) is 6.65. The first-order valence-electron chi connectivity index (χ1n) is 7.01. The van der Waals surface area contributed by atoms with Gasteiger partial charge >= 0.3 is 0 Å². The van der Waals surface area contributed by atoms with Crippen LogP contribution in [0.3, 0.4) is 0 Å². The Morgan fingerprint density at radius 2 is 2.05 bits per heavy atom. The maximum absolute atomic E-state index is 12.8. The third-order valence-corrected chi connectivity index (χ3v) is 5.31. The molecule has 0 bridgehead atoms. The molecule has 1 aliphatic heterocycles. The second-order valence-electron chi connectivity index (χ2n) is 5.18. The summed E-state index contributed by atoms with van der Waals surface area (Å²) in [6, 6.07) is 5.04. The van der Waals surface area contributed by atoms with Crippen LogP contribution in [-0.4, -0.2) is 27.5 Å². The molecule has 0 spiro atoms. The van der Waals surface area contributed by atoms with Gasteiger partial charge in [0, 0.05) is 12.6 Å². The third kappa shape index (κ3) is 3.77. The maximum atomic E-state index is 12.8. The van der Waals surface area contributed by atoms with E-state index in [9.17, 15) is 12.8 Å². The van der Waals surface area contributed by atoms with E-state index in [4.69, 9.17) is 0 Å². The predicted molar refractivity (Wildman–Crippen MR) is 76.4 cm³/mol. The van der Waals surface area contributed by atoms with Crippen molar-refractivity contribution >= 4 is 10.0 Å². The van der Waals surface area contributed by atoms with Gasteiger partial charge in [-0.2, -0.15) is 0 Å². The molecule has 0 aromatic heterocycles. The van der Waals surface area contributed by atoms with Crippen LogP contribution in [-0.2, 0) is 10.0 Å². The molecule has 112 valence electrons. The molecule has 20 heavy (non-hydrogen) atoms. The Kier molecular flexibility index (Phi) is 5.12. The molecule has 0 radical (unpaired) electrons. The van der Waals surface area contributed by atoms with Crippen molar-refractivity contribution in [3.05, 3.63) is 30.1 Å². The van der Waals surface area contributed by atoms with Crippen molar-refractivity contribution in [3.63, 3.8) is 0 Å². The Bertz CT molecular complexity index is 531. The van der Waals surface area contributed by atoms with Gasteiger partial charge < -0.3 is 5.32 Å². The standard InChI is InChI=1S/C14H21FN2O2S/c1-2-11-4-3-9-16-14(11)10-17-20(18,19)13-7-5-12(15)6-8-13/h5-8,11,14,16-17H,2-4,9-10H2,1H3. The van der Waals surface area contributed by atoms with Crippen molar-refractivity contribution in [3.8, 4) is 0 Å². The lowest BCUT2D eigenvalue weighted by Gasteiger charge is -2.32. The molecule has 0 saturated carbocycles. The van der Waals surface area contributed by atoms with Crippen molar-refractivity contribution in [1.82, 2.24) is 10.0 Å². The lowest BCUT2D eigenvalue weighted by Crippen LogP contribution is -2.48. The fourth-order valence-corrected chi connectivity index (χ4v) is 3.70. The van der Waals surface area contributed by atoms with Crippen LogP contribution in [0.15, 0.2) is 29.2 Å². The van der Waals surface area contributed by atoms with Crippen LogP contribution in [0.5, 0.6) is 0 Å². The van der Waals surface area contributed by atoms with Crippen molar-refractivity contribution in [1.29, 1.82) is 0 Å². The normalized spacial score (nSPS) is 23.7. The first-order chi connectivity index (χ1) is 9.53. The van der Waals surface area contributed by atoms with E-state index in [-0.39, 0.29) is 10.9 Å². The van der Waals surface area contributed by atoms with E-state index in [1.54, 1.807) is 0 Å². The van der Waals surface area contributed by atoms with Gasteiger partial charge in [-0.05, 0) is 49.6 Å². The van der Waals surface area contributed by atoms with Crippen molar-refractivity contribution < 1.29 is 12.8 Å². The monoisotopic (exact) mass is 300 g/mol. The molecule has 1 aliphatic rings. The average Bonchev–Trinajstić information content (AvgIpc) is 2.46. The largest absolute Gasteiger partial charge is 0.312 e. The summed E-state index contributed by atoms with van der Waals surface area (Å²) >= 11 is 0. The molecule has 1 aromatic carbocycles. The number of piperidine rings is 1. The fraction of sp³-hybridized carbons (Fsp3) is 0.571. The molecule has 0 aliphatic carbocycles. The first kappa shape index (κ1) is 15.4. The molecular weight excluding hydrogens is 279 g/mol. The molecule has 0 amide bonds. The predicted octanol–water partition coefficient (Wildman–Crippen LogP) is 1.88. The molecule has 1 heterocycles. The summed E-state index contributed by atoms with van der Waals surface area (Å²) < 4.78 is 39.7. The van der Waals surface area contributed by atoms with E-state index < -0.39 is 15.8 Å². The van der Waals surface area contributed by atoms with Crippen molar-refractivity contribution in [2.45, 2.75) is 37.1 Å². The minimum atomic E-state index is -3.56. The SMILES string of the molecule is CCC1CCCNC1CNS(=O)(=O)c1ccc(F)cc1. The molecule has 4 nitrogen and oxygen atoms in total. The lowest BCUT2D eigenvalue weighted by molar-refractivity contribution is 0.273. The Labute approximate surface area is 119 Å². The van der Waals surface area contributed by atoms with Gasteiger partial charge in [0.2, 0.25) is 10.0 Å². The molecule has 2 unspecified atom stereocenters. The van der Waals surface area contributed by atoms with Gasteiger partial charge in [-0.15, -0.1) is 0 Å². The highest BCUT2D eigenvalue weighted by Crippen LogP contribution is 2.19.